The highest BCUT2D eigenvalue weighted by molar-refractivity contribution is 5.69. The summed E-state index contributed by atoms with van der Waals surface area (Å²) in [4.78, 5) is 12.3. The number of nitrogens with zero attached hydrogens (tertiary/aromatic N) is 2. The number of benzene rings is 1. The third-order valence-electron chi connectivity index (χ3n) is 2.42. The smallest absolute Gasteiger partial charge is 0.333 e. The first kappa shape index (κ1) is 14.2. The van der Waals surface area contributed by atoms with Crippen LogP contribution in [0.25, 0.3) is 0 Å². The lowest BCUT2D eigenvalue weighted by Gasteiger charge is -2.27. The number of anilines is 1. The van der Waals surface area contributed by atoms with Gasteiger partial charge in [-0.2, -0.15) is 0 Å². The molecule has 0 spiro atoms. The van der Waals surface area contributed by atoms with Crippen LogP contribution in [-0.4, -0.2) is 36.3 Å². The Balaban J connectivity index is 3.19. The van der Waals surface area contributed by atoms with E-state index in [1.165, 1.54) is 7.11 Å². The predicted octanol–water partition coefficient (Wildman–Crippen LogP) is 1.81. The molecule has 0 fully saturated rings. The van der Waals surface area contributed by atoms with Gasteiger partial charge in [0.15, 0.2) is 5.75 Å². The first-order chi connectivity index (χ1) is 8.26. The van der Waals surface area contributed by atoms with Gasteiger partial charge in [-0.15, -0.1) is 0 Å². The van der Waals surface area contributed by atoms with Crippen LogP contribution < -0.4 is 9.64 Å². The van der Waals surface area contributed by atoms with Crippen molar-refractivity contribution in [3.8, 4) is 5.75 Å². The Morgan fingerprint density at radius 2 is 2.11 bits per heavy atom. The molecule has 1 aromatic carbocycles. The standard InChI is InChI=1S/C12H18N2O4/c1-12(2,15)8-13(3)9-6-5-7-10(18-4)11(9)14(16)17/h5-7,15H,8H2,1-4H3. The highest BCUT2D eigenvalue weighted by Gasteiger charge is 2.25. The van der Waals surface area contributed by atoms with Crippen LogP contribution in [0.15, 0.2) is 18.2 Å². The Labute approximate surface area is 106 Å². The zero-order valence-electron chi connectivity index (χ0n) is 11.0. The second-order valence-electron chi connectivity index (χ2n) is 4.75. The van der Waals surface area contributed by atoms with E-state index in [2.05, 4.69) is 0 Å². The van der Waals surface area contributed by atoms with Gasteiger partial charge in [0.05, 0.1) is 17.6 Å². The zero-order chi connectivity index (χ0) is 13.9. The number of nitro groups is 1. The highest BCUT2D eigenvalue weighted by Crippen LogP contribution is 2.36. The fourth-order valence-corrected chi connectivity index (χ4v) is 1.83. The van der Waals surface area contributed by atoms with Gasteiger partial charge in [-0.1, -0.05) is 6.07 Å². The average molecular weight is 254 g/mol. The van der Waals surface area contributed by atoms with Crippen molar-refractivity contribution in [1.29, 1.82) is 0 Å². The third kappa shape index (κ3) is 3.33. The van der Waals surface area contributed by atoms with Crippen LogP contribution in [0.2, 0.25) is 0 Å². The molecule has 1 N–H and O–H groups in total. The second-order valence-corrected chi connectivity index (χ2v) is 4.75. The molecule has 0 atom stereocenters. The van der Waals surface area contributed by atoms with Crippen LogP contribution in [0.4, 0.5) is 11.4 Å². The maximum Gasteiger partial charge on any atom is 0.333 e. The van der Waals surface area contributed by atoms with Crippen LogP contribution in [0.3, 0.4) is 0 Å². The van der Waals surface area contributed by atoms with Crippen LogP contribution in [0.1, 0.15) is 13.8 Å². The summed E-state index contributed by atoms with van der Waals surface area (Å²) < 4.78 is 5.00. The number of likely N-dealkylation sites (N-methyl/N-ethyl adjacent to an activating group) is 1. The van der Waals surface area contributed by atoms with Gasteiger partial charge in [-0.25, -0.2) is 0 Å². The van der Waals surface area contributed by atoms with Crippen molar-refractivity contribution in [2.45, 2.75) is 19.4 Å². The predicted molar refractivity (Wildman–Crippen MR) is 69.2 cm³/mol. The van der Waals surface area contributed by atoms with Gasteiger partial charge in [0, 0.05) is 13.6 Å². The van der Waals surface area contributed by atoms with Crippen molar-refractivity contribution in [2.75, 3.05) is 25.6 Å². The minimum atomic E-state index is -0.939. The van der Waals surface area contributed by atoms with Gasteiger partial charge in [0.1, 0.15) is 5.69 Å². The van der Waals surface area contributed by atoms with E-state index >= 15 is 0 Å². The van der Waals surface area contributed by atoms with Crippen molar-refractivity contribution in [1.82, 2.24) is 0 Å². The van der Waals surface area contributed by atoms with E-state index in [1.807, 2.05) is 0 Å². The number of hydrogen-bond acceptors (Lipinski definition) is 5. The molecule has 0 aromatic heterocycles. The lowest BCUT2D eigenvalue weighted by atomic mass is 10.1. The third-order valence-corrected chi connectivity index (χ3v) is 2.42. The maximum absolute atomic E-state index is 11.1. The number of nitro benzene ring substituents is 1. The number of hydrogen-bond donors (Lipinski definition) is 1. The SMILES string of the molecule is COc1cccc(N(C)CC(C)(C)O)c1[N+](=O)[O-]. The molecule has 0 saturated carbocycles. The summed E-state index contributed by atoms with van der Waals surface area (Å²) in [6, 6.07) is 4.86. The van der Waals surface area contributed by atoms with E-state index in [0.29, 0.717) is 5.69 Å². The molecule has 0 aliphatic carbocycles. The lowest BCUT2D eigenvalue weighted by Crippen LogP contribution is -2.36. The molecule has 0 aliphatic rings. The molecule has 0 bridgehead atoms. The molecule has 0 saturated heterocycles. The maximum atomic E-state index is 11.1. The molecule has 100 valence electrons. The van der Waals surface area contributed by atoms with Crippen LogP contribution in [0.5, 0.6) is 5.75 Å². The molecule has 6 heteroatoms. The topological polar surface area (TPSA) is 75.8 Å². The van der Waals surface area contributed by atoms with Gasteiger partial charge >= 0.3 is 5.69 Å². The monoisotopic (exact) mass is 254 g/mol. The van der Waals surface area contributed by atoms with E-state index in [1.54, 1.807) is 44.0 Å². The number of rotatable bonds is 5. The largest absolute Gasteiger partial charge is 0.490 e. The summed E-state index contributed by atoms with van der Waals surface area (Å²) in [6.07, 6.45) is 0. The molecule has 0 radical (unpaired) electrons. The summed E-state index contributed by atoms with van der Waals surface area (Å²) in [5.74, 6) is 0.208. The molecule has 6 nitrogen and oxygen atoms in total. The first-order valence-electron chi connectivity index (χ1n) is 5.51. The fraction of sp³-hybridized carbons (Fsp3) is 0.500. The molecule has 0 aliphatic heterocycles. The number of ether oxygens (including phenoxy) is 1. The van der Waals surface area contributed by atoms with Gasteiger partial charge in [0.25, 0.3) is 0 Å². The Kier molecular flexibility index (Phi) is 4.13. The average Bonchev–Trinajstić information content (AvgIpc) is 2.25. The minimum absolute atomic E-state index is 0.0910. The molecule has 1 aromatic rings. The zero-order valence-corrected chi connectivity index (χ0v) is 11.0. The van der Waals surface area contributed by atoms with Gasteiger partial charge in [-0.05, 0) is 26.0 Å². The van der Waals surface area contributed by atoms with E-state index in [4.69, 9.17) is 4.74 Å². The van der Waals surface area contributed by atoms with Crippen LogP contribution in [-0.2, 0) is 0 Å². The Morgan fingerprint density at radius 3 is 2.56 bits per heavy atom. The van der Waals surface area contributed by atoms with Crippen molar-refractivity contribution in [3.63, 3.8) is 0 Å². The number of methoxy groups -OCH3 is 1. The molecule has 0 unspecified atom stereocenters. The van der Waals surface area contributed by atoms with Crippen molar-refractivity contribution in [2.24, 2.45) is 0 Å². The van der Waals surface area contributed by atoms with Gasteiger partial charge in [-0.3, -0.25) is 10.1 Å². The molecule has 0 heterocycles. The fourth-order valence-electron chi connectivity index (χ4n) is 1.83. The highest BCUT2D eigenvalue weighted by atomic mass is 16.6. The summed E-state index contributed by atoms with van der Waals surface area (Å²) in [5, 5.41) is 20.9. The Hall–Kier alpha value is -1.82. The quantitative estimate of drug-likeness (QED) is 0.640. The van der Waals surface area contributed by atoms with Gasteiger partial charge in [0.2, 0.25) is 0 Å². The second kappa shape index (κ2) is 5.22. The lowest BCUT2D eigenvalue weighted by molar-refractivity contribution is -0.385. The van der Waals surface area contributed by atoms with E-state index in [0.717, 1.165) is 0 Å². The van der Waals surface area contributed by atoms with E-state index < -0.39 is 10.5 Å². The molecule has 1 rings (SSSR count). The van der Waals surface area contributed by atoms with E-state index in [9.17, 15) is 15.2 Å². The van der Waals surface area contributed by atoms with Crippen LogP contribution >= 0.6 is 0 Å². The van der Waals surface area contributed by atoms with Crippen molar-refractivity contribution < 1.29 is 14.8 Å². The van der Waals surface area contributed by atoms with Crippen molar-refractivity contribution in [3.05, 3.63) is 28.3 Å². The van der Waals surface area contributed by atoms with E-state index in [-0.39, 0.29) is 18.0 Å². The van der Waals surface area contributed by atoms with Crippen LogP contribution in [0, 0.1) is 10.1 Å². The number of aliphatic hydroxyl groups is 1. The van der Waals surface area contributed by atoms with Gasteiger partial charge < -0.3 is 14.7 Å². The Morgan fingerprint density at radius 1 is 1.50 bits per heavy atom. The first-order valence-corrected chi connectivity index (χ1v) is 5.51. The number of para-hydroxylation sites is 1. The molecular formula is C12H18N2O4. The summed E-state index contributed by atoms with van der Waals surface area (Å²) in [6.45, 7) is 3.58. The normalized spacial score (nSPS) is 11.2. The van der Waals surface area contributed by atoms with Crippen molar-refractivity contribution >= 4 is 11.4 Å². The molecule has 0 amide bonds. The Bertz CT molecular complexity index is 440. The molecule has 18 heavy (non-hydrogen) atoms. The summed E-state index contributed by atoms with van der Waals surface area (Å²) in [5.41, 5.74) is -0.612. The minimum Gasteiger partial charge on any atom is -0.490 e. The summed E-state index contributed by atoms with van der Waals surface area (Å²) in [7, 11) is 3.09. The molecular weight excluding hydrogens is 236 g/mol. The summed E-state index contributed by atoms with van der Waals surface area (Å²) >= 11 is 0.